The third-order valence-electron chi connectivity index (χ3n) is 11.8. The number of hydrogen-bond donors (Lipinski definition) is 0. The van der Waals surface area contributed by atoms with Crippen LogP contribution in [0.4, 0.5) is 34.3 Å². The lowest BCUT2D eigenvalue weighted by Gasteiger charge is -2.40. The molecule has 11 rings (SSSR count). The summed E-state index contributed by atoms with van der Waals surface area (Å²) in [6.07, 6.45) is 0. The number of aromatic nitrogens is 1. The van der Waals surface area contributed by atoms with Crippen molar-refractivity contribution in [2.24, 2.45) is 0 Å². The molecule has 0 saturated heterocycles. The molecular formula is C57H41N3. The molecule has 0 unspecified atom stereocenters. The van der Waals surface area contributed by atoms with E-state index in [0.717, 1.165) is 51.0 Å². The molecule has 0 bridgehead atoms. The fourth-order valence-corrected chi connectivity index (χ4v) is 9.05. The van der Waals surface area contributed by atoms with E-state index in [2.05, 4.69) is 257 Å². The van der Waals surface area contributed by atoms with E-state index in [1.165, 1.54) is 38.8 Å². The average molecular weight is 768 g/mol. The van der Waals surface area contributed by atoms with E-state index in [9.17, 15) is 0 Å². The van der Waals surface area contributed by atoms with Crippen LogP contribution in [-0.4, -0.2) is 4.57 Å². The van der Waals surface area contributed by atoms with Crippen molar-refractivity contribution in [1.29, 1.82) is 0 Å². The van der Waals surface area contributed by atoms with Crippen molar-refractivity contribution < 1.29 is 0 Å². The number of para-hydroxylation sites is 4. The summed E-state index contributed by atoms with van der Waals surface area (Å²) in [5.74, 6) is 1.27. The van der Waals surface area contributed by atoms with Gasteiger partial charge in [0.25, 0.3) is 0 Å². The van der Waals surface area contributed by atoms with Gasteiger partial charge in [-0.25, -0.2) is 0 Å². The van der Waals surface area contributed by atoms with Gasteiger partial charge >= 0.3 is 0 Å². The van der Waals surface area contributed by atoms with Crippen LogP contribution in [0.5, 0.6) is 0 Å². The minimum absolute atomic E-state index is 0.172. The Morgan fingerprint density at radius 1 is 0.300 bits per heavy atom. The van der Waals surface area contributed by atoms with Crippen LogP contribution in [0.15, 0.2) is 243 Å². The van der Waals surface area contributed by atoms with Crippen LogP contribution in [0, 0.1) is 0 Å². The molecule has 3 nitrogen and oxygen atoms in total. The van der Waals surface area contributed by atoms with Gasteiger partial charge in [-0.3, -0.25) is 9.47 Å². The second-order valence-corrected chi connectivity index (χ2v) is 15.4. The zero-order valence-electron chi connectivity index (χ0n) is 33.0. The van der Waals surface area contributed by atoms with Crippen LogP contribution in [0.1, 0.15) is 22.6 Å². The molecule has 9 aromatic carbocycles. The molecule has 10 aromatic rings. The number of hydrogen-bond acceptors (Lipinski definition) is 2. The molecule has 0 N–H and O–H groups in total. The van der Waals surface area contributed by atoms with Gasteiger partial charge in [0.2, 0.25) is 0 Å². The molecular weight excluding hydrogens is 727 g/mol. The normalized spacial score (nSPS) is 12.1. The predicted molar refractivity (Wildman–Crippen MR) is 251 cm³/mol. The molecule has 1 aliphatic heterocycles. The molecule has 2 heterocycles. The number of benzene rings is 9. The Hall–Kier alpha value is -7.88. The number of rotatable bonds is 8. The second-order valence-electron chi connectivity index (χ2n) is 15.4. The molecule has 0 spiro atoms. The minimum Gasteiger partial charge on any atom is -0.304 e. The molecule has 0 radical (unpaired) electrons. The van der Waals surface area contributed by atoms with Gasteiger partial charge in [0.15, 0.2) is 0 Å². The Bertz CT molecular complexity index is 3010. The summed E-state index contributed by atoms with van der Waals surface area (Å²) in [6, 6.07) is 87.8. The molecule has 0 saturated carbocycles. The van der Waals surface area contributed by atoms with E-state index in [1.54, 1.807) is 0 Å². The molecule has 0 aliphatic carbocycles. The zero-order chi connectivity index (χ0) is 39.8. The van der Waals surface area contributed by atoms with Gasteiger partial charge in [-0.1, -0.05) is 188 Å². The molecule has 284 valence electrons. The van der Waals surface area contributed by atoms with Gasteiger partial charge in [0.1, 0.15) is 5.82 Å². The molecule has 60 heavy (non-hydrogen) atoms. The zero-order valence-corrected chi connectivity index (χ0v) is 33.0. The van der Waals surface area contributed by atoms with Crippen LogP contribution in [-0.2, 0) is 0 Å². The van der Waals surface area contributed by atoms with Crippen LogP contribution in [0.25, 0.3) is 38.8 Å². The van der Waals surface area contributed by atoms with Crippen molar-refractivity contribution in [3.63, 3.8) is 0 Å². The SMILES string of the molecule is c1ccc(C(c2ccccc2)c2ccc(-c3ccc(-c4ccc5c(c4)N(c4ccccc4)c4c(c6ccccc6n4-c4ccccc4)N5c4ccccc4)cc3)cc2)cc1. The Morgan fingerprint density at radius 2 is 0.717 bits per heavy atom. The van der Waals surface area contributed by atoms with Crippen molar-refractivity contribution in [3.8, 4) is 27.9 Å². The average Bonchev–Trinajstić information content (AvgIpc) is 3.67. The fraction of sp³-hybridized carbons (Fsp3) is 0.0175. The van der Waals surface area contributed by atoms with Crippen molar-refractivity contribution in [1.82, 2.24) is 4.57 Å². The van der Waals surface area contributed by atoms with E-state index in [-0.39, 0.29) is 5.92 Å². The lowest BCUT2D eigenvalue weighted by Crippen LogP contribution is -2.25. The Kier molecular flexibility index (Phi) is 8.90. The van der Waals surface area contributed by atoms with Crippen LogP contribution in [0.2, 0.25) is 0 Å². The first-order valence-electron chi connectivity index (χ1n) is 20.6. The third kappa shape index (κ3) is 6.16. The first-order chi connectivity index (χ1) is 29.8. The monoisotopic (exact) mass is 767 g/mol. The maximum atomic E-state index is 2.45. The molecule has 0 atom stereocenters. The van der Waals surface area contributed by atoms with Gasteiger partial charge in [-0.05, 0) is 93.5 Å². The van der Waals surface area contributed by atoms with Gasteiger partial charge in [-0.2, -0.15) is 0 Å². The van der Waals surface area contributed by atoms with E-state index in [4.69, 9.17) is 0 Å². The summed E-state index contributed by atoms with van der Waals surface area (Å²) in [5.41, 5.74) is 16.5. The summed E-state index contributed by atoms with van der Waals surface area (Å²) >= 11 is 0. The van der Waals surface area contributed by atoms with E-state index < -0.39 is 0 Å². The highest BCUT2D eigenvalue weighted by atomic mass is 15.3. The molecule has 0 amide bonds. The van der Waals surface area contributed by atoms with E-state index in [0.29, 0.717) is 0 Å². The molecule has 3 heteroatoms. The second kappa shape index (κ2) is 15.1. The van der Waals surface area contributed by atoms with Crippen LogP contribution >= 0.6 is 0 Å². The Balaban J connectivity index is 1.02. The van der Waals surface area contributed by atoms with Crippen LogP contribution < -0.4 is 9.80 Å². The van der Waals surface area contributed by atoms with Gasteiger partial charge in [0, 0.05) is 28.4 Å². The smallest absolute Gasteiger partial charge is 0.148 e. The molecule has 0 fully saturated rings. The lowest BCUT2D eigenvalue weighted by molar-refractivity contribution is 0.978. The van der Waals surface area contributed by atoms with Gasteiger partial charge in [0.05, 0.1) is 22.6 Å². The first-order valence-corrected chi connectivity index (χ1v) is 20.6. The standard InChI is InChI=1S/C57H41N3/c1-6-18-44(19-7-1)55(45-20-8-2-9-21-45)46-36-34-42(35-37-46)41-30-32-43(33-31-41)47-38-39-53-54(40-47)60(50-26-14-5-15-27-50)57-56(58(53)48-22-10-3-11-23-48)51-28-16-17-29-52(51)59(57)49-24-12-4-13-25-49/h1-40,55H. The summed E-state index contributed by atoms with van der Waals surface area (Å²) < 4.78 is 2.42. The topological polar surface area (TPSA) is 11.4 Å². The highest BCUT2D eigenvalue weighted by Gasteiger charge is 2.36. The summed E-state index contributed by atoms with van der Waals surface area (Å²) in [7, 11) is 0. The molecule has 1 aromatic heterocycles. The van der Waals surface area contributed by atoms with Crippen molar-refractivity contribution in [2.75, 3.05) is 9.80 Å². The maximum Gasteiger partial charge on any atom is 0.148 e. The summed E-state index contributed by atoms with van der Waals surface area (Å²) in [5, 5.41) is 1.19. The number of fused-ring (bicyclic) bond motifs is 4. The summed E-state index contributed by atoms with van der Waals surface area (Å²) in [4.78, 5) is 4.90. The van der Waals surface area contributed by atoms with Crippen molar-refractivity contribution in [3.05, 3.63) is 259 Å². The van der Waals surface area contributed by atoms with Crippen LogP contribution in [0.3, 0.4) is 0 Å². The van der Waals surface area contributed by atoms with Crippen molar-refractivity contribution in [2.45, 2.75) is 5.92 Å². The van der Waals surface area contributed by atoms with Gasteiger partial charge in [-0.15, -0.1) is 0 Å². The summed E-state index contributed by atoms with van der Waals surface area (Å²) in [6.45, 7) is 0. The fourth-order valence-electron chi connectivity index (χ4n) is 9.05. The molecule has 1 aliphatic rings. The number of nitrogens with zero attached hydrogens (tertiary/aromatic N) is 3. The lowest BCUT2D eigenvalue weighted by atomic mass is 9.84. The van der Waals surface area contributed by atoms with E-state index in [1.807, 2.05) is 0 Å². The van der Waals surface area contributed by atoms with E-state index >= 15 is 0 Å². The third-order valence-corrected chi connectivity index (χ3v) is 11.8. The quantitative estimate of drug-likeness (QED) is 0.143. The highest BCUT2D eigenvalue weighted by molar-refractivity contribution is 6.13. The predicted octanol–water partition coefficient (Wildman–Crippen LogP) is 15.4. The largest absolute Gasteiger partial charge is 0.304 e. The maximum absolute atomic E-state index is 2.45. The minimum atomic E-state index is 0.172. The van der Waals surface area contributed by atoms with Gasteiger partial charge < -0.3 is 4.90 Å². The number of anilines is 6. The Labute approximate surface area is 351 Å². The first kappa shape index (κ1) is 35.3. The highest BCUT2D eigenvalue weighted by Crippen LogP contribution is 2.58. The van der Waals surface area contributed by atoms with Crippen molar-refractivity contribution >= 4 is 45.2 Å². The Morgan fingerprint density at radius 3 is 1.28 bits per heavy atom.